The first kappa shape index (κ1) is 17.0. The molecule has 4 nitrogen and oxygen atoms in total. The van der Waals surface area contributed by atoms with Crippen LogP contribution in [0.5, 0.6) is 0 Å². The van der Waals surface area contributed by atoms with Crippen LogP contribution in [0.2, 0.25) is 0 Å². The Morgan fingerprint density at radius 3 is 2.54 bits per heavy atom. The van der Waals surface area contributed by atoms with Crippen LogP contribution in [0, 0.1) is 0 Å². The Morgan fingerprint density at radius 2 is 1.83 bits per heavy atom. The summed E-state index contributed by atoms with van der Waals surface area (Å²) in [6.45, 7) is 5.29. The summed E-state index contributed by atoms with van der Waals surface area (Å²) in [5, 5.41) is 3.09. The van der Waals surface area contributed by atoms with Gasteiger partial charge in [0.1, 0.15) is 0 Å². The number of benzene rings is 1. The Labute approximate surface area is 145 Å². The van der Waals surface area contributed by atoms with E-state index in [1.807, 2.05) is 4.90 Å². The second kappa shape index (κ2) is 8.88. The highest BCUT2D eigenvalue weighted by molar-refractivity contribution is 5.74. The van der Waals surface area contributed by atoms with Gasteiger partial charge < -0.3 is 10.2 Å². The number of amides is 2. The van der Waals surface area contributed by atoms with Crippen molar-refractivity contribution in [3.63, 3.8) is 0 Å². The lowest BCUT2D eigenvalue weighted by Crippen LogP contribution is -2.51. The first-order valence-corrected chi connectivity index (χ1v) is 9.28. The van der Waals surface area contributed by atoms with Crippen molar-refractivity contribution in [2.45, 2.75) is 38.6 Å². The molecule has 0 saturated carbocycles. The smallest absolute Gasteiger partial charge is 0.317 e. The molecule has 0 spiro atoms. The van der Waals surface area contributed by atoms with Gasteiger partial charge in [-0.25, -0.2) is 4.79 Å². The summed E-state index contributed by atoms with van der Waals surface area (Å²) >= 11 is 0. The number of piperazine rings is 1. The lowest BCUT2D eigenvalue weighted by Gasteiger charge is -2.34. The molecule has 4 heteroatoms. The predicted octanol–water partition coefficient (Wildman–Crippen LogP) is 3.40. The minimum Gasteiger partial charge on any atom is -0.338 e. The van der Waals surface area contributed by atoms with Crippen molar-refractivity contribution < 1.29 is 4.79 Å². The second-order valence-electron chi connectivity index (χ2n) is 6.84. The van der Waals surface area contributed by atoms with E-state index in [4.69, 9.17) is 0 Å². The first-order chi connectivity index (χ1) is 11.8. The van der Waals surface area contributed by atoms with E-state index in [-0.39, 0.29) is 6.03 Å². The fraction of sp³-hybridized carbons (Fsp3) is 0.550. The van der Waals surface area contributed by atoms with Crippen LogP contribution in [0.3, 0.4) is 0 Å². The van der Waals surface area contributed by atoms with Crippen LogP contribution in [0.1, 0.15) is 37.7 Å². The highest BCUT2D eigenvalue weighted by Gasteiger charge is 2.20. The number of allylic oxidation sites excluding steroid dienone is 1. The number of nitrogens with one attached hydrogen (secondary N) is 1. The molecule has 24 heavy (non-hydrogen) atoms. The van der Waals surface area contributed by atoms with Crippen LogP contribution >= 0.6 is 0 Å². The van der Waals surface area contributed by atoms with Gasteiger partial charge in [0, 0.05) is 39.3 Å². The molecule has 1 aliphatic heterocycles. The van der Waals surface area contributed by atoms with Gasteiger partial charge in [-0.2, -0.15) is 0 Å². The number of carbonyl (C=O) groups excluding carboxylic acids is 1. The molecule has 0 atom stereocenters. The van der Waals surface area contributed by atoms with E-state index >= 15 is 0 Å². The Balaban J connectivity index is 1.35. The van der Waals surface area contributed by atoms with Crippen LogP contribution in [-0.2, 0) is 6.54 Å². The summed E-state index contributed by atoms with van der Waals surface area (Å²) in [5.41, 5.74) is 2.87. The summed E-state index contributed by atoms with van der Waals surface area (Å²) < 4.78 is 0. The average molecular weight is 327 g/mol. The highest BCUT2D eigenvalue weighted by Crippen LogP contribution is 2.19. The Bertz CT molecular complexity index is 547. The van der Waals surface area contributed by atoms with Crippen LogP contribution in [0.15, 0.2) is 42.0 Å². The van der Waals surface area contributed by atoms with Gasteiger partial charge in [-0.05, 0) is 37.7 Å². The van der Waals surface area contributed by atoms with Gasteiger partial charge in [0.15, 0.2) is 0 Å². The lowest BCUT2D eigenvalue weighted by atomic mass is 9.97. The molecule has 2 amide bonds. The Morgan fingerprint density at radius 1 is 1.04 bits per heavy atom. The van der Waals surface area contributed by atoms with E-state index in [0.29, 0.717) is 0 Å². The summed E-state index contributed by atoms with van der Waals surface area (Å²) in [4.78, 5) is 16.7. The Kier molecular flexibility index (Phi) is 6.30. The molecule has 130 valence electrons. The van der Waals surface area contributed by atoms with Gasteiger partial charge in [-0.1, -0.05) is 42.0 Å². The van der Waals surface area contributed by atoms with E-state index in [9.17, 15) is 4.79 Å². The van der Waals surface area contributed by atoms with Gasteiger partial charge in [0.25, 0.3) is 0 Å². The van der Waals surface area contributed by atoms with Crippen molar-refractivity contribution in [1.29, 1.82) is 0 Å². The molecular formula is C20H29N3O. The molecule has 1 fully saturated rings. The number of carbonyl (C=O) groups is 1. The van der Waals surface area contributed by atoms with Crippen molar-refractivity contribution in [2.24, 2.45) is 0 Å². The van der Waals surface area contributed by atoms with E-state index in [1.54, 1.807) is 0 Å². The first-order valence-electron chi connectivity index (χ1n) is 9.28. The fourth-order valence-electron chi connectivity index (χ4n) is 3.52. The zero-order valence-corrected chi connectivity index (χ0v) is 14.5. The van der Waals surface area contributed by atoms with Crippen molar-refractivity contribution in [3.8, 4) is 0 Å². The van der Waals surface area contributed by atoms with Crippen molar-refractivity contribution in [3.05, 3.63) is 47.5 Å². The van der Waals surface area contributed by atoms with Gasteiger partial charge in [-0.3, -0.25) is 4.90 Å². The maximum atomic E-state index is 12.3. The van der Waals surface area contributed by atoms with Crippen LogP contribution < -0.4 is 5.32 Å². The molecule has 1 aliphatic carbocycles. The topological polar surface area (TPSA) is 35.6 Å². The molecule has 0 aromatic heterocycles. The fourth-order valence-corrected chi connectivity index (χ4v) is 3.52. The standard InChI is InChI=1S/C20H29N3O/c24-20(21-12-11-18-7-3-1-4-8-18)23-15-13-22(14-16-23)17-19-9-5-2-6-10-19/h2,5-7,9-10H,1,3-4,8,11-17H2,(H,21,24). The third kappa shape index (κ3) is 5.10. The average Bonchev–Trinajstić information content (AvgIpc) is 2.64. The molecule has 0 bridgehead atoms. The third-order valence-electron chi connectivity index (χ3n) is 5.02. The molecule has 3 rings (SSSR count). The Hall–Kier alpha value is -1.81. The molecular weight excluding hydrogens is 298 g/mol. The van der Waals surface area contributed by atoms with Crippen LogP contribution in [0.4, 0.5) is 4.79 Å². The maximum absolute atomic E-state index is 12.3. The molecule has 0 unspecified atom stereocenters. The molecule has 2 aliphatic rings. The van der Waals surface area contributed by atoms with Gasteiger partial charge in [0.05, 0.1) is 0 Å². The summed E-state index contributed by atoms with van der Waals surface area (Å²) in [6.07, 6.45) is 8.44. The normalized spacial score (nSPS) is 19.0. The largest absolute Gasteiger partial charge is 0.338 e. The van der Waals surface area contributed by atoms with E-state index in [1.165, 1.54) is 36.8 Å². The molecule has 1 saturated heterocycles. The quantitative estimate of drug-likeness (QED) is 0.841. The number of hydrogen-bond donors (Lipinski definition) is 1. The minimum absolute atomic E-state index is 0.103. The maximum Gasteiger partial charge on any atom is 0.317 e. The summed E-state index contributed by atoms with van der Waals surface area (Å²) in [5.74, 6) is 0. The number of hydrogen-bond acceptors (Lipinski definition) is 2. The zero-order valence-electron chi connectivity index (χ0n) is 14.5. The number of urea groups is 1. The van der Waals surface area contributed by atoms with Crippen molar-refractivity contribution in [1.82, 2.24) is 15.1 Å². The highest BCUT2D eigenvalue weighted by atomic mass is 16.2. The molecule has 0 radical (unpaired) electrons. The molecule has 1 aromatic carbocycles. The van der Waals surface area contributed by atoms with Crippen molar-refractivity contribution in [2.75, 3.05) is 32.7 Å². The van der Waals surface area contributed by atoms with E-state index < -0.39 is 0 Å². The van der Waals surface area contributed by atoms with Crippen LogP contribution in [-0.4, -0.2) is 48.6 Å². The monoisotopic (exact) mass is 327 g/mol. The van der Waals surface area contributed by atoms with Gasteiger partial charge in [0.2, 0.25) is 0 Å². The van der Waals surface area contributed by atoms with Crippen LogP contribution in [0.25, 0.3) is 0 Å². The van der Waals surface area contributed by atoms with E-state index in [2.05, 4.69) is 46.6 Å². The van der Waals surface area contributed by atoms with Gasteiger partial charge >= 0.3 is 6.03 Å². The molecule has 1 heterocycles. The number of rotatable bonds is 5. The van der Waals surface area contributed by atoms with E-state index in [0.717, 1.165) is 45.7 Å². The SMILES string of the molecule is O=C(NCCC1=CCCCC1)N1CCN(Cc2ccccc2)CC1. The third-order valence-corrected chi connectivity index (χ3v) is 5.02. The predicted molar refractivity (Wildman–Crippen MR) is 97.9 cm³/mol. The number of nitrogens with zero attached hydrogens (tertiary/aromatic N) is 2. The van der Waals surface area contributed by atoms with Crippen molar-refractivity contribution >= 4 is 6.03 Å². The summed E-state index contributed by atoms with van der Waals surface area (Å²) in [6, 6.07) is 10.7. The zero-order chi connectivity index (χ0) is 16.6. The van der Waals surface area contributed by atoms with Gasteiger partial charge in [-0.15, -0.1) is 0 Å². The minimum atomic E-state index is 0.103. The second-order valence-corrected chi connectivity index (χ2v) is 6.84. The summed E-state index contributed by atoms with van der Waals surface area (Å²) in [7, 11) is 0. The lowest BCUT2D eigenvalue weighted by molar-refractivity contribution is 0.135. The molecule has 1 N–H and O–H groups in total. The molecule has 1 aromatic rings.